The predicted octanol–water partition coefficient (Wildman–Crippen LogP) is -0.238. The average molecular weight is 493 g/mol. The Bertz CT molecular complexity index is 883. The van der Waals surface area contributed by atoms with Crippen molar-refractivity contribution in [1.29, 1.82) is 0 Å². The molecule has 194 valence electrons. The lowest BCUT2D eigenvalue weighted by atomic mass is 10.0. The molecule has 11 nitrogen and oxygen atoms in total. The summed E-state index contributed by atoms with van der Waals surface area (Å²) in [5.41, 5.74) is 1.07. The van der Waals surface area contributed by atoms with Gasteiger partial charge in [0.05, 0.1) is 19.8 Å². The van der Waals surface area contributed by atoms with E-state index < -0.39 is 31.0 Å². The van der Waals surface area contributed by atoms with Crippen LogP contribution in [0.1, 0.15) is 31.2 Å². The molecule has 3 rings (SSSR count). The summed E-state index contributed by atoms with van der Waals surface area (Å²) in [7, 11) is 0. The molecule has 4 atom stereocenters. The topological polar surface area (TPSA) is 150 Å². The van der Waals surface area contributed by atoms with E-state index in [1.807, 2.05) is 24.3 Å². The molecule has 1 amide bonds. The SMILES string of the molecule is O=C(CCn1cncn1)N1CCCOc2ccccc2CCCCO[C@H]([C@H](O)CO)[C@H](O)[C@H](O)C1. The number of carbonyl (C=O) groups is 1. The molecule has 0 saturated heterocycles. The van der Waals surface area contributed by atoms with Crippen molar-refractivity contribution < 1.29 is 34.7 Å². The van der Waals surface area contributed by atoms with E-state index in [2.05, 4.69) is 10.1 Å². The lowest BCUT2D eigenvalue weighted by molar-refractivity contribution is -0.151. The van der Waals surface area contributed by atoms with Crippen LogP contribution in [0.4, 0.5) is 0 Å². The maximum absolute atomic E-state index is 13.0. The van der Waals surface area contributed by atoms with Crippen LogP contribution in [0.5, 0.6) is 5.75 Å². The molecule has 2 aromatic rings. The third-order valence-electron chi connectivity index (χ3n) is 6.03. The minimum Gasteiger partial charge on any atom is -0.493 e. The normalized spacial score (nSPS) is 23.8. The Labute approximate surface area is 204 Å². The molecule has 4 N–H and O–H groups in total. The van der Waals surface area contributed by atoms with Crippen LogP contribution >= 0.6 is 0 Å². The number of aliphatic hydroxyl groups is 4. The molecule has 1 aromatic heterocycles. The highest BCUT2D eigenvalue weighted by atomic mass is 16.5. The van der Waals surface area contributed by atoms with Crippen LogP contribution in [0.25, 0.3) is 0 Å². The standard InChI is InChI=1S/C24H36N4O7/c29-15-20(31)24-23(33)19(30)14-27(22(32)9-11-28-17-25-16-26-28)10-5-13-34-21-8-2-1-6-18(21)7-3-4-12-35-24/h1-2,6,8,16-17,19-20,23-24,29-31,33H,3-5,7,9-15H2/t19-,20-,23-,24-/m1/s1. The Morgan fingerprint density at radius 1 is 1.17 bits per heavy atom. The van der Waals surface area contributed by atoms with Crippen molar-refractivity contribution in [3.05, 3.63) is 42.5 Å². The largest absolute Gasteiger partial charge is 0.493 e. The molecule has 0 radical (unpaired) electrons. The van der Waals surface area contributed by atoms with Gasteiger partial charge in [-0.15, -0.1) is 0 Å². The van der Waals surface area contributed by atoms with E-state index in [1.165, 1.54) is 17.6 Å². The molecule has 0 aliphatic carbocycles. The number of aromatic nitrogens is 3. The zero-order chi connectivity index (χ0) is 25.0. The van der Waals surface area contributed by atoms with Gasteiger partial charge in [0.1, 0.15) is 42.8 Å². The van der Waals surface area contributed by atoms with Crippen molar-refractivity contribution in [2.45, 2.75) is 63.1 Å². The van der Waals surface area contributed by atoms with Crippen LogP contribution < -0.4 is 4.74 Å². The second-order valence-electron chi connectivity index (χ2n) is 8.66. The van der Waals surface area contributed by atoms with E-state index >= 15 is 0 Å². The van der Waals surface area contributed by atoms with Crippen molar-refractivity contribution in [3.8, 4) is 5.75 Å². The Balaban J connectivity index is 1.73. The first-order chi connectivity index (χ1) is 17.0. The summed E-state index contributed by atoms with van der Waals surface area (Å²) < 4.78 is 13.2. The van der Waals surface area contributed by atoms with Gasteiger partial charge in [-0.05, 0) is 37.3 Å². The molecule has 0 saturated carbocycles. The van der Waals surface area contributed by atoms with E-state index in [0.29, 0.717) is 32.5 Å². The molecule has 2 heterocycles. The molecule has 0 unspecified atom stereocenters. The summed E-state index contributed by atoms with van der Waals surface area (Å²) in [5.74, 6) is 0.571. The molecule has 35 heavy (non-hydrogen) atoms. The van der Waals surface area contributed by atoms with Gasteiger partial charge in [0.25, 0.3) is 0 Å². The van der Waals surface area contributed by atoms with Crippen LogP contribution in [0.3, 0.4) is 0 Å². The predicted molar refractivity (Wildman–Crippen MR) is 126 cm³/mol. The van der Waals surface area contributed by atoms with Crippen molar-refractivity contribution in [3.63, 3.8) is 0 Å². The highest BCUT2D eigenvalue weighted by molar-refractivity contribution is 5.76. The van der Waals surface area contributed by atoms with Gasteiger partial charge < -0.3 is 34.8 Å². The fraction of sp³-hybridized carbons (Fsp3) is 0.625. The van der Waals surface area contributed by atoms with Gasteiger partial charge in [0, 0.05) is 26.1 Å². The number of fused-ring (bicyclic) bond motifs is 1. The van der Waals surface area contributed by atoms with Crippen molar-refractivity contribution in [1.82, 2.24) is 19.7 Å². The van der Waals surface area contributed by atoms with Crippen LogP contribution in [-0.4, -0.2) is 103 Å². The third-order valence-corrected chi connectivity index (χ3v) is 6.03. The van der Waals surface area contributed by atoms with Gasteiger partial charge in [0.15, 0.2) is 0 Å². The number of hydrogen-bond acceptors (Lipinski definition) is 9. The van der Waals surface area contributed by atoms with Gasteiger partial charge in [-0.2, -0.15) is 5.10 Å². The molecule has 1 aliphatic rings. The number of aliphatic hydroxyl groups excluding tert-OH is 4. The number of carbonyl (C=O) groups excluding carboxylic acids is 1. The number of ether oxygens (including phenoxy) is 2. The fourth-order valence-corrected chi connectivity index (χ4v) is 4.05. The van der Waals surface area contributed by atoms with Crippen LogP contribution in [-0.2, 0) is 22.5 Å². The van der Waals surface area contributed by atoms with Crippen molar-refractivity contribution in [2.75, 3.05) is 32.9 Å². The van der Waals surface area contributed by atoms with Crippen LogP contribution in [0, 0.1) is 0 Å². The first kappa shape index (κ1) is 27.0. The zero-order valence-electron chi connectivity index (χ0n) is 19.9. The minimum atomic E-state index is -1.49. The maximum atomic E-state index is 13.0. The number of rotatable bonds is 5. The molecule has 0 bridgehead atoms. The number of aryl methyl sites for hydroxylation is 2. The highest BCUT2D eigenvalue weighted by Gasteiger charge is 2.34. The molecular weight excluding hydrogens is 456 g/mol. The van der Waals surface area contributed by atoms with Crippen molar-refractivity contribution >= 4 is 5.91 Å². The summed E-state index contributed by atoms with van der Waals surface area (Å²) in [5, 5.41) is 45.1. The lowest BCUT2D eigenvalue weighted by Gasteiger charge is -2.33. The third kappa shape index (κ3) is 8.25. The molecule has 1 aliphatic heterocycles. The zero-order valence-corrected chi connectivity index (χ0v) is 19.9. The number of para-hydroxylation sites is 1. The fourth-order valence-electron chi connectivity index (χ4n) is 4.05. The van der Waals surface area contributed by atoms with Gasteiger partial charge in [-0.25, -0.2) is 4.98 Å². The second-order valence-corrected chi connectivity index (χ2v) is 8.66. The Morgan fingerprint density at radius 3 is 2.77 bits per heavy atom. The van der Waals surface area contributed by atoms with Gasteiger partial charge in [-0.1, -0.05) is 18.2 Å². The molecule has 0 spiro atoms. The monoisotopic (exact) mass is 492 g/mol. The molecule has 0 fully saturated rings. The lowest BCUT2D eigenvalue weighted by Crippen LogP contribution is -2.52. The Hall–Kier alpha value is -2.57. The van der Waals surface area contributed by atoms with Crippen LogP contribution in [0.15, 0.2) is 36.9 Å². The number of amides is 1. The van der Waals surface area contributed by atoms with E-state index in [4.69, 9.17) is 9.47 Å². The average Bonchev–Trinajstić information content (AvgIpc) is 3.39. The van der Waals surface area contributed by atoms with E-state index in [0.717, 1.165) is 24.2 Å². The van der Waals surface area contributed by atoms with E-state index in [9.17, 15) is 25.2 Å². The van der Waals surface area contributed by atoms with Gasteiger partial charge in [-0.3, -0.25) is 9.48 Å². The van der Waals surface area contributed by atoms with Gasteiger partial charge in [0.2, 0.25) is 5.91 Å². The quantitative estimate of drug-likeness (QED) is 0.443. The number of β-amino-alcohol motifs (C(OH)–C–C–N with tert-alkyl or cyclic N) is 1. The number of hydrogen-bond donors (Lipinski definition) is 4. The summed E-state index contributed by atoms with van der Waals surface area (Å²) >= 11 is 0. The number of benzene rings is 1. The van der Waals surface area contributed by atoms with E-state index in [-0.39, 0.29) is 25.5 Å². The first-order valence-corrected chi connectivity index (χ1v) is 12.1. The summed E-state index contributed by atoms with van der Waals surface area (Å²) in [4.78, 5) is 18.3. The second kappa shape index (κ2) is 14.1. The minimum absolute atomic E-state index is 0.134. The first-order valence-electron chi connectivity index (χ1n) is 12.1. The van der Waals surface area contributed by atoms with Crippen LogP contribution in [0.2, 0.25) is 0 Å². The van der Waals surface area contributed by atoms with Gasteiger partial charge >= 0.3 is 0 Å². The molecule has 11 heteroatoms. The smallest absolute Gasteiger partial charge is 0.224 e. The Morgan fingerprint density at radius 2 is 2.00 bits per heavy atom. The highest BCUT2D eigenvalue weighted by Crippen LogP contribution is 2.21. The van der Waals surface area contributed by atoms with Crippen molar-refractivity contribution in [2.24, 2.45) is 0 Å². The molecule has 1 aromatic carbocycles. The molecular formula is C24H36N4O7. The summed E-state index contributed by atoms with van der Waals surface area (Å²) in [6.07, 6.45) is 0.343. The Kier molecular flexibility index (Phi) is 10.9. The summed E-state index contributed by atoms with van der Waals surface area (Å²) in [6, 6.07) is 7.80. The maximum Gasteiger partial charge on any atom is 0.224 e. The number of nitrogens with zero attached hydrogens (tertiary/aromatic N) is 4. The van der Waals surface area contributed by atoms with E-state index in [1.54, 1.807) is 4.68 Å². The summed E-state index contributed by atoms with van der Waals surface area (Å²) in [6.45, 7) is 0.460.